The first-order valence-corrected chi connectivity index (χ1v) is 15.1. The molecule has 3 aromatic rings. The van der Waals surface area contributed by atoms with Gasteiger partial charge in [0.1, 0.15) is 12.6 Å². The summed E-state index contributed by atoms with van der Waals surface area (Å²) in [6.07, 6.45) is 2.16. The first-order valence-electron chi connectivity index (χ1n) is 13.2. The fourth-order valence-corrected chi connectivity index (χ4v) is 5.29. The Hall–Kier alpha value is -3.65. The summed E-state index contributed by atoms with van der Waals surface area (Å²) in [5.41, 5.74) is 4.92. The second kappa shape index (κ2) is 13.4. The van der Waals surface area contributed by atoms with Gasteiger partial charge in [-0.1, -0.05) is 79.2 Å². The highest BCUT2D eigenvalue weighted by Gasteiger charge is 2.33. The molecule has 0 radical (unpaired) electrons. The van der Waals surface area contributed by atoms with Crippen LogP contribution in [0.1, 0.15) is 41.2 Å². The minimum atomic E-state index is -3.80. The maximum Gasteiger partial charge on any atom is 0.244 e. The van der Waals surface area contributed by atoms with Crippen LogP contribution in [0, 0.1) is 20.8 Å². The molecule has 0 spiro atoms. The Morgan fingerprint density at radius 2 is 1.51 bits per heavy atom. The largest absolute Gasteiger partial charge is 0.354 e. The highest BCUT2D eigenvalue weighted by Crippen LogP contribution is 2.25. The van der Waals surface area contributed by atoms with Crippen LogP contribution in [-0.2, 0) is 32.6 Å². The Morgan fingerprint density at radius 3 is 2.13 bits per heavy atom. The Bertz CT molecular complexity index is 1370. The molecule has 0 fully saturated rings. The smallest absolute Gasteiger partial charge is 0.244 e. The van der Waals surface area contributed by atoms with Gasteiger partial charge in [0, 0.05) is 19.5 Å². The van der Waals surface area contributed by atoms with E-state index in [-0.39, 0.29) is 12.5 Å². The van der Waals surface area contributed by atoms with Gasteiger partial charge >= 0.3 is 0 Å². The fraction of sp³-hybridized carbons (Fsp3) is 0.355. The molecule has 0 aromatic heterocycles. The van der Waals surface area contributed by atoms with Gasteiger partial charge in [-0.25, -0.2) is 8.42 Å². The minimum Gasteiger partial charge on any atom is -0.354 e. The van der Waals surface area contributed by atoms with Crippen LogP contribution in [0.5, 0.6) is 0 Å². The maximum atomic E-state index is 14.1. The van der Waals surface area contributed by atoms with Gasteiger partial charge in [-0.3, -0.25) is 13.9 Å². The predicted octanol–water partition coefficient (Wildman–Crippen LogP) is 4.54. The Balaban J connectivity index is 2.06. The van der Waals surface area contributed by atoms with Crippen molar-refractivity contribution in [1.82, 2.24) is 10.2 Å². The quantitative estimate of drug-likeness (QED) is 0.359. The number of carbonyl (C=O) groups excluding carboxylic acids is 2. The second-order valence-corrected chi connectivity index (χ2v) is 12.0. The number of rotatable bonds is 12. The molecule has 0 aliphatic heterocycles. The van der Waals surface area contributed by atoms with Gasteiger partial charge in [-0.05, 0) is 55.5 Å². The number of anilines is 1. The molecule has 0 aliphatic carbocycles. The van der Waals surface area contributed by atoms with E-state index in [1.54, 1.807) is 6.07 Å². The van der Waals surface area contributed by atoms with E-state index in [9.17, 15) is 18.0 Å². The number of carbonyl (C=O) groups is 2. The van der Waals surface area contributed by atoms with Gasteiger partial charge in [0.2, 0.25) is 21.8 Å². The van der Waals surface area contributed by atoms with Crippen LogP contribution in [0.15, 0.2) is 72.8 Å². The topological polar surface area (TPSA) is 86.8 Å². The first kappa shape index (κ1) is 29.9. The molecule has 0 unspecified atom stereocenters. The van der Waals surface area contributed by atoms with E-state index in [1.807, 2.05) is 94.4 Å². The van der Waals surface area contributed by atoms with Crippen molar-refractivity contribution in [2.75, 3.05) is 23.7 Å². The van der Waals surface area contributed by atoms with Gasteiger partial charge in [0.05, 0.1) is 11.9 Å². The van der Waals surface area contributed by atoms with Gasteiger partial charge in [0.25, 0.3) is 0 Å². The van der Waals surface area contributed by atoms with Crippen LogP contribution in [0.2, 0.25) is 0 Å². The molecule has 8 heteroatoms. The Kier molecular flexibility index (Phi) is 10.3. The second-order valence-electron chi connectivity index (χ2n) is 10.1. The third-order valence-corrected chi connectivity index (χ3v) is 7.73. The monoisotopic (exact) mass is 549 g/mol. The van der Waals surface area contributed by atoms with Gasteiger partial charge in [0.15, 0.2) is 0 Å². The van der Waals surface area contributed by atoms with E-state index < -0.39 is 28.5 Å². The van der Waals surface area contributed by atoms with Crippen molar-refractivity contribution >= 4 is 27.5 Å². The van der Waals surface area contributed by atoms with Gasteiger partial charge in [-0.15, -0.1) is 0 Å². The summed E-state index contributed by atoms with van der Waals surface area (Å²) in [4.78, 5) is 29.1. The van der Waals surface area contributed by atoms with Crippen LogP contribution in [-0.4, -0.2) is 50.5 Å². The lowest BCUT2D eigenvalue weighted by Crippen LogP contribution is -2.53. The zero-order valence-corrected chi connectivity index (χ0v) is 24.3. The maximum absolute atomic E-state index is 14.1. The molecule has 0 bridgehead atoms. The van der Waals surface area contributed by atoms with Crippen LogP contribution >= 0.6 is 0 Å². The molecular weight excluding hydrogens is 510 g/mol. The summed E-state index contributed by atoms with van der Waals surface area (Å²) in [7, 11) is -3.80. The minimum absolute atomic E-state index is 0.167. The molecule has 0 aliphatic rings. The van der Waals surface area contributed by atoms with Crippen molar-refractivity contribution < 1.29 is 18.0 Å². The molecule has 7 nitrogen and oxygen atoms in total. The van der Waals surface area contributed by atoms with Crippen LogP contribution < -0.4 is 9.62 Å². The van der Waals surface area contributed by atoms with Crippen LogP contribution in [0.4, 0.5) is 5.69 Å². The highest BCUT2D eigenvalue weighted by atomic mass is 32.2. The lowest BCUT2D eigenvalue weighted by atomic mass is 10.0. The van der Waals surface area contributed by atoms with E-state index in [1.165, 1.54) is 4.90 Å². The van der Waals surface area contributed by atoms with Crippen LogP contribution in [0.3, 0.4) is 0 Å². The van der Waals surface area contributed by atoms with Crippen molar-refractivity contribution in [3.05, 3.63) is 101 Å². The third-order valence-electron chi connectivity index (χ3n) is 6.61. The molecular formula is C31H39N3O4S. The zero-order chi connectivity index (χ0) is 28.6. The standard InChI is InChI=1S/C31H39N3O4S/c1-6-18-32-31(36)29(20-26-10-8-7-9-11-26)33(21-27-16-13-23(2)14-17-27)30(35)22-34(39(5,37)38)28-19-24(3)12-15-25(28)4/h7-17,19,29H,6,18,20-22H2,1-5H3,(H,32,36)/t29-/m1/s1. The van der Waals surface area contributed by atoms with Crippen molar-refractivity contribution in [3.8, 4) is 0 Å². The number of hydrogen-bond acceptors (Lipinski definition) is 4. The molecule has 3 aromatic carbocycles. The number of benzene rings is 3. The molecule has 1 atom stereocenters. The predicted molar refractivity (Wildman–Crippen MR) is 157 cm³/mol. The number of nitrogens with one attached hydrogen (secondary N) is 1. The summed E-state index contributed by atoms with van der Waals surface area (Å²) < 4.78 is 27.1. The van der Waals surface area contributed by atoms with Crippen molar-refractivity contribution in [1.29, 1.82) is 0 Å². The van der Waals surface area contributed by atoms with Crippen molar-refractivity contribution in [2.45, 2.75) is 53.1 Å². The molecule has 0 saturated heterocycles. The normalized spacial score (nSPS) is 12.0. The average Bonchev–Trinajstić information content (AvgIpc) is 2.90. The van der Waals surface area contributed by atoms with Gasteiger partial charge < -0.3 is 10.2 Å². The molecule has 0 saturated carbocycles. The molecule has 208 valence electrons. The van der Waals surface area contributed by atoms with Crippen molar-refractivity contribution in [2.24, 2.45) is 0 Å². The molecule has 0 heterocycles. The van der Waals surface area contributed by atoms with Crippen molar-refractivity contribution in [3.63, 3.8) is 0 Å². The van der Waals surface area contributed by atoms with Gasteiger partial charge in [-0.2, -0.15) is 0 Å². The SMILES string of the molecule is CCCNC(=O)[C@@H](Cc1ccccc1)N(Cc1ccc(C)cc1)C(=O)CN(c1cc(C)ccc1C)S(C)(=O)=O. The zero-order valence-electron chi connectivity index (χ0n) is 23.5. The summed E-state index contributed by atoms with van der Waals surface area (Å²) in [5, 5.41) is 2.95. The number of amides is 2. The lowest BCUT2D eigenvalue weighted by molar-refractivity contribution is -0.140. The van der Waals surface area contributed by atoms with E-state index in [0.717, 1.165) is 44.8 Å². The third kappa shape index (κ3) is 8.42. The number of hydrogen-bond donors (Lipinski definition) is 1. The average molecular weight is 550 g/mol. The summed E-state index contributed by atoms with van der Waals surface area (Å²) in [6.45, 7) is 7.88. The number of nitrogens with zero attached hydrogens (tertiary/aromatic N) is 2. The summed E-state index contributed by atoms with van der Waals surface area (Å²) in [6, 6.07) is 22.0. The molecule has 2 amide bonds. The number of sulfonamides is 1. The lowest BCUT2D eigenvalue weighted by Gasteiger charge is -2.34. The molecule has 39 heavy (non-hydrogen) atoms. The van der Waals surface area contributed by atoms with Crippen LogP contribution in [0.25, 0.3) is 0 Å². The Labute approximate surface area is 232 Å². The van der Waals surface area contributed by atoms with E-state index in [0.29, 0.717) is 18.7 Å². The Morgan fingerprint density at radius 1 is 0.872 bits per heavy atom. The van der Waals surface area contributed by atoms with E-state index >= 15 is 0 Å². The molecule has 1 N–H and O–H groups in total. The van der Waals surface area contributed by atoms with E-state index in [4.69, 9.17) is 0 Å². The summed E-state index contributed by atoms with van der Waals surface area (Å²) in [5.74, 6) is -0.715. The first-order chi connectivity index (χ1) is 18.5. The number of aryl methyl sites for hydroxylation is 3. The summed E-state index contributed by atoms with van der Waals surface area (Å²) >= 11 is 0. The highest BCUT2D eigenvalue weighted by molar-refractivity contribution is 7.92. The molecule has 3 rings (SSSR count). The fourth-order valence-electron chi connectivity index (χ4n) is 4.39. The van der Waals surface area contributed by atoms with E-state index in [2.05, 4.69) is 5.32 Å².